The third kappa shape index (κ3) is 4.85. The molecule has 1 aromatic heterocycles. The maximum Gasteiger partial charge on any atom is 0.257 e. The van der Waals surface area contributed by atoms with Gasteiger partial charge in [-0.05, 0) is 24.6 Å². The highest BCUT2D eigenvalue weighted by Crippen LogP contribution is 2.14. The molecule has 126 valence electrons. The van der Waals surface area contributed by atoms with Crippen molar-refractivity contribution in [3.8, 4) is 0 Å². The van der Waals surface area contributed by atoms with Crippen LogP contribution in [0.25, 0.3) is 0 Å². The van der Waals surface area contributed by atoms with Crippen molar-refractivity contribution in [1.82, 2.24) is 10.3 Å². The van der Waals surface area contributed by atoms with E-state index in [2.05, 4.69) is 15.6 Å². The topological polar surface area (TPSA) is 80.3 Å². The molecular weight excluding hydrogens is 313 g/mol. The van der Waals surface area contributed by atoms with Crippen LogP contribution in [-0.2, 0) is 4.74 Å². The summed E-state index contributed by atoms with van der Waals surface area (Å²) in [6.45, 7) is 1.00. The number of carbonyl (C=O) groups is 2. The minimum absolute atomic E-state index is 0.0666. The number of rotatable bonds is 7. The first-order valence-corrected chi connectivity index (χ1v) is 7.40. The normalized spacial score (nSPS) is 10.2. The van der Waals surface area contributed by atoms with Gasteiger partial charge < -0.3 is 15.4 Å². The molecule has 0 unspecified atom stereocenters. The van der Waals surface area contributed by atoms with Crippen LogP contribution in [0.4, 0.5) is 10.1 Å². The lowest BCUT2D eigenvalue weighted by molar-refractivity contribution is 0.0948. The van der Waals surface area contributed by atoms with Gasteiger partial charge in [-0.2, -0.15) is 0 Å². The summed E-state index contributed by atoms with van der Waals surface area (Å²) in [7, 11) is 1.59. The Morgan fingerprint density at radius 2 is 1.88 bits per heavy atom. The summed E-state index contributed by atoms with van der Waals surface area (Å²) in [6, 6.07) is 7.25. The zero-order valence-electron chi connectivity index (χ0n) is 13.2. The molecule has 0 bridgehead atoms. The smallest absolute Gasteiger partial charge is 0.257 e. The number of aromatic nitrogens is 1. The van der Waals surface area contributed by atoms with Crippen LogP contribution >= 0.6 is 0 Å². The van der Waals surface area contributed by atoms with E-state index in [1.807, 2.05) is 0 Å². The van der Waals surface area contributed by atoms with Gasteiger partial charge >= 0.3 is 0 Å². The van der Waals surface area contributed by atoms with Crippen LogP contribution in [0.5, 0.6) is 0 Å². The summed E-state index contributed by atoms with van der Waals surface area (Å²) in [5, 5.41) is 5.16. The Hall–Kier alpha value is -2.80. The van der Waals surface area contributed by atoms with Crippen LogP contribution in [-0.4, -0.2) is 37.1 Å². The van der Waals surface area contributed by atoms with Gasteiger partial charge in [-0.3, -0.25) is 14.6 Å². The predicted molar refractivity (Wildman–Crippen MR) is 87.4 cm³/mol. The molecule has 0 aliphatic heterocycles. The average molecular weight is 331 g/mol. The number of benzene rings is 1. The van der Waals surface area contributed by atoms with E-state index < -0.39 is 11.7 Å². The van der Waals surface area contributed by atoms with Crippen molar-refractivity contribution in [2.24, 2.45) is 0 Å². The Kier molecular flexibility index (Phi) is 6.39. The number of anilines is 1. The van der Waals surface area contributed by atoms with E-state index >= 15 is 0 Å². The van der Waals surface area contributed by atoms with Crippen LogP contribution < -0.4 is 10.6 Å². The molecule has 0 radical (unpaired) electrons. The standard InChI is InChI=1S/C17H18FN3O3/c1-24-8-4-7-20-16(22)12-9-13(11-19-10-12)17(23)21-15-6-3-2-5-14(15)18/h2-3,5-6,9-11H,4,7-8H2,1H3,(H,20,22)(H,21,23). The number of nitrogens with one attached hydrogen (secondary N) is 2. The lowest BCUT2D eigenvalue weighted by Crippen LogP contribution is -2.25. The second-order valence-electron chi connectivity index (χ2n) is 5.00. The first-order chi connectivity index (χ1) is 11.6. The van der Waals surface area contributed by atoms with Gasteiger partial charge in [0.25, 0.3) is 11.8 Å². The number of carbonyl (C=O) groups excluding carboxylic acids is 2. The minimum atomic E-state index is -0.540. The molecule has 6 nitrogen and oxygen atoms in total. The highest BCUT2D eigenvalue weighted by Gasteiger charge is 2.12. The number of hydrogen-bond donors (Lipinski definition) is 2. The summed E-state index contributed by atoms with van der Waals surface area (Å²) in [6.07, 6.45) is 3.37. The van der Waals surface area contributed by atoms with Crippen LogP contribution in [0.15, 0.2) is 42.7 Å². The molecule has 0 saturated heterocycles. The van der Waals surface area contributed by atoms with E-state index in [0.717, 1.165) is 0 Å². The summed E-state index contributed by atoms with van der Waals surface area (Å²) in [4.78, 5) is 28.1. The number of hydrogen-bond acceptors (Lipinski definition) is 4. The quantitative estimate of drug-likeness (QED) is 0.763. The Morgan fingerprint density at radius 1 is 1.17 bits per heavy atom. The number of halogens is 1. The van der Waals surface area contributed by atoms with Gasteiger partial charge in [-0.1, -0.05) is 12.1 Å². The van der Waals surface area contributed by atoms with Crippen molar-refractivity contribution in [2.45, 2.75) is 6.42 Å². The molecule has 0 saturated carbocycles. The second-order valence-corrected chi connectivity index (χ2v) is 5.00. The van der Waals surface area contributed by atoms with Crippen molar-refractivity contribution in [2.75, 3.05) is 25.6 Å². The molecule has 24 heavy (non-hydrogen) atoms. The molecule has 0 atom stereocenters. The molecule has 0 fully saturated rings. The van der Waals surface area contributed by atoms with E-state index in [1.54, 1.807) is 13.2 Å². The largest absolute Gasteiger partial charge is 0.385 e. The van der Waals surface area contributed by atoms with Crippen molar-refractivity contribution >= 4 is 17.5 Å². The van der Waals surface area contributed by atoms with E-state index in [-0.39, 0.29) is 22.7 Å². The lowest BCUT2D eigenvalue weighted by Gasteiger charge is -2.08. The fourth-order valence-electron chi connectivity index (χ4n) is 1.97. The Morgan fingerprint density at radius 3 is 2.58 bits per heavy atom. The molecule has 1 heterocycles. The van der Waals surface area contributed by atoms with E-state index in [1.165, 1.54) is 36.7 Å². The van der Waals surface area contributed by atoms with Crippen molar-refractivity contribution < 1.29 is 18.7 Å². The molecule has 2 rings (SSSR count). The highest BCUT2D eigenvalue weighted by atomic mass is 19.1. The summed E-state index contributed by atoms with van der Waals surface area (Å²) >= 11 is 0. The number of amides is 2. The number of nitrogens with zero attached hydrogens (tertiary/aromatic N) is 1. The summed E-state index contributed by atoms with van der Waals surface area (Å²) in [5.41, 5.74) is 0.494. The third-order valence-electron chi connectivity index (χ3n) is 3.20. The molecule has 2 amide bonds. The van der Waals surface area contributed by atoms with E-state index in [4.69, 9.17) is 4.74 Å². The molecule has 0 spiro atoms. The molecule has 0 aliphatic rings. The van der Waals surface area contributed by atoms with Crippen molar-refractivity contribution in [3.63, 3.8) is 0 Å². The Labute approximate surface area is 139 Å². The molecule has 2 aromatic rings. The third-order valence-corrected chi connectivity index (χ3v) is 3.20. The number of pyridine rings is 1. The fraction of sp³-hybridized carbons (Fsp3) is 0.235. The van der Waals surface area contributed by atoms with Gasteiger partial charge in [-0.15, -0.1) is 0 Å². The Bertz CT molecular complexity index is 722. The van der Waals surface area contributed by atoms with Gasteiger partial charge in [0, 0.05) is 32.7 Å². The number of ether oxygens (including phenoxy) is 1. The summed E-state index contributed by atoms with van der Waals surface area (Å²) in [5.74, 6) is -1.41. The van der Waals surface area contributed by atoms with Crippen molar-refractivity contribution in [1.29, 1.82) is 0 Å². The summed E-state index contributed by atoms with van der Waals surface area (Å²) < 4.78 is 18.5. The molecule has 1 aromatic carbocycles. The highest BCUT2D eigenvalue weighted by molar-refractivity contribution is 6.05. The monoisotopic (exact) mass is 331 g/mol. The molecule has 7 heteroatoms. The first kappa shape index (κ1) is 17.6. The average Bonchev–Trinajstić information content (AvgIpc) is 2.60. The fourth-order valence-corrected chi connectivity index (χ4v) is 1.97. The van der Waals surface area contributed by atoms with Crippen molar-refractivity contribution in [3.05, 3.63) is 59.7 Å². The van der Waals surface area contributed by atoms with Gasteiger partial charge in [-0.25, -0.2) is 4.39 Å². The van der Waals surface area contributed by atoms with Gasteiger partial charge in [0.05, 0.1) is 16.8 Å². The number of methoxy groups -OCH3 is 1. The van der Waals surface area contributed by atoms with Gasteiger partial charge in [0.1, 0.15) is 5.82 Å². The molecular formula is C17H18FN3O3. The SMILES string of the molecule is COCCCNC(=O)c1cncc(C(=O)Nc2ccccc2F)c1. The molecule has 0 aliphatic carbocycles. The van der Waals surface area contributed by atoms with E-state index in [9.17, 15) is 14.0 Å². The van der Waals surface area contributed by atoms with Gasteiger partial charge in [0.2, 0.25) is 0 Å². The van der Waals surface area contributed by atoms with Gasteiger partial charge in [0.15, 0.2) is 0 Å². The Balaban J connectivity index is 2.02. The minimum Gasteiger partial charge on any atom is -0.385 e. The van der Waals surface area contributed by atoms with E-state index in [0.29, 0.717) is 19.6 Å². The lowest BCUT2D eigenvalue weighted by atomic mass is 10.1. The first-order valence-electron chi connectivity index (χ1n) is 7.40. The zero-order valence-corrected chi connectivity index (χ0v) is 13.2. The molecule has 2 N–H and O–H groups in total. The van der Waals surface area contributed by atoms with Crippen LogP contribution in [0.1, 0.15) is 27.1 Å². The predicted octanol–water partition coefficient (Wildman–Crippen LogP) is 2.24. The maximum atomic E-state index is 13.6. The maximum absolute atomic E-state index is 13.6. The van der Waals surface area contributed by atoms with Crippen LogP contribution in [0.3, 0.4) is 0 Å². The second kappa shape index (κ2) is 8.73. The number of para-hydroxylation sites is 1. The van der Waals surface area contributed by atoms with Crippen LogP contribution in [0.2, 0.25) is 0 Å². The zero-order chi connectivity index (χ0) is 17.4. The van der Waals surface area contributed by atoms with Crippen LogP contribution in [0, 0.1) is 5.82 Å².